The van der Waals surface area contributed by atoms with E-state index >= 15 is 0 Å². The summed E-state index contributed by atoms with van der Waals surface area (Å²) in [4.78, 5) is 21.7. The predicted molar refractivity (Wildman–Crippen MR) is 71.2 cm³/mol. The maximum absolute atomic E-state index is 11.3. The fourth-order valence-electron chi connectivity index (χ4n) is 1.31. The lowest BCUT2D eigenvalue weighted by molar-refractivity contribution is -0.384. The standard InChI is InChI=1S/C12H15N3O4/c1-4-19-12(16)9(3)13-14-10-6-5-8(2)7-11(10)15(17)18/h5-7,14H,4H2,1-3H3/b13-9+. The van der Waals surface area contributed by atoms with Crippen LogP contribution in [0.25, 0.3) is 0 Å². The summed E-state index contributed by atoms with van der Waals surface area (Å²) in [5.41, 5.74) is 3.49. The number of ether oxygens (including phenoxy) is 1. The van der Waals surface area contributed by atoms with Gasteiger partial charge in [-0.2, -0.15) is 5.10 Å². The number of anilines is 1. The highest BCUT2D eigenvalue weighted by atomic mass is 16.6. The van der Waals surface area contributed by atoms with Gasteiger partial charge in [-0.15, -0.1) is 0 Å². The normalized spacial score (nSPS) is 11.0. The van der Waals surface area contributed by atoms with Crippen LogP contribution in [-0.4, -0.2) is 23.2 Å². The lowest BCUT2D eigenvalue weighted by Crippen LogP contribution is -2.15. The molecule has 1 aromatic rings. The van der Waals surface area contributed by atoms with Crippen LogP contribution in [-0.2, 0) is 9.53 Å². The third kappa shape index (κ3) is 4.06. The third-order valence-corrected chi connectivity index (χ3v) is 2.26. The molecule has 0 saturated carbocycles. The molecular formula is C12H15N3O4. The van der Waals surface area contributed by atoms with E-state index in [0.717, 1.165) is 5.56 Å². The fourth-order valence-corrected chi connectivity index (χ4v) is 1.31. The molecule has 102 valence electrons. The second-order valence-corrected chi connectivity index (χ2v) is 3.81. The van der Waals surface area contributed by atoms with Gasteiger partial charge in [-0.25, -0.2) is 4.79 Å². The molecule has 0 atom stereocenters. The van der Waals surface area contributed by atoms with E-state index in [-0.39, 0.29) is 23.7 Å². The first-order valence-electron chi connectivity index (χ1n) is 5.68. The number of nitrogens with one attached hydrogen (secondary N) is 1. The topological polar surface area (TPSA) is 93.8 Å². The molecule has 0 spiro atoms. The quantitative estimate of drug-likeness (QED) is 0.381. The molecule has 19 heavy (non-hydrogen) atoms. The van der Waals surface area contributed by atoms with E-state index in [2.05, 4.69) is 10.5 Å². The minimum atomic E-state index is -0.565. The second kappa shape index (κ2) is 6.48. The molecule has 1 aromatic carbocycles. The van der Waals surface area contributed by atoms with E-state index in [1.165, 1.54) is 19.1 Å². The Labute approximate surface area is 110 Å². The Morgan fingerprint density at radius 3 is 2.79 bits per heavy atom. The zero-order valence-electron chi connectivity index (χ0n) is 11.0. The monoisotopic (exact) mass is 265 g/mol. The van der Waals surface area contributed by atoms with Gasteiger partial charge in [-0.1, -0.05) is 6.07 Å². The highest BCUT2D eigenvalue weighted by Gasteiger charge is 2.14. The number of nitro groups is 1. The summed E-state index contributed by atoms with van der Waals surface area (Å²) >= 11 is 0. The van der Waals surface area contributed by atoms with E-state index < -0.39 is 10.9 Å². The number of rotatable bonds is 5. The smallest absolute Gasteiger partial charge is 0.354 e. The molecule has 1 N–H and O–H groups in total. The molecule has 7 heteroatoms. The van der Waals surface area contributed by atoms with Crippen LogP contribution < -0.4 is 5.43 Å². The van der Waals surface area contributed by atoms with Gasteiger partial charge >= 0.3 is 5.97 Å². The lowest BCUT2D eigenvalue weighted by Gasteiger charge is -2.04. The number of nitro benzene ring substituents is 1. The Kier molecular flexibility index (Phi) is 4.99. The number of nitrogens with zero attached hydrogens (tertiary/aromatic N) is 2. The molecule has 7 nitrogen and oxygen atoms in total. The molecule has 0 aromatic heterocycles. The Hall–Kier alpha value is -2.44. The van der Waals surface area contributed by atoms with Crippen molar-refractivity contribution in [2.24, 2.45) is 5.10 Å². The maximum Gasteiger partial charge on any atom is 0.354 e. The van der Waals surface area contributed by atoms with Crippen LogP contribution in [0.15, 0.2) is 23.3 Å². The Morgan fingerprint density at radius 2 is 2.21 bits per heavy atom. The van der Waals surface area contributed by atoms with Crippen LogP contribution in [0.4, 0.5) is 11.4 Å². The first kappa shape index (κ1) is 14.6. The fraction of sp³-hybridized carbons (Fsp3) is 0.333. The zero-order valence-corrected chi connectivity index (χ0v) is 11.0. The summed E-state index contributed by atoms with van der Waals surface area (Å²) in [6.45, 7) is 5.15. The number of benzene rings is 1. The van der Waals surface area contributed by atoms with E-state index in [1.54, 1.807) is 19.9 Å². The SMILES string of the molecule is CCOC(=O)/C(C)=N/Nc1ccc(C)cc1[N+](=O)[O-]. The molecule has 0 radical (unpaired) electrons. The summed E-state index contributed by atoms with van der Waals surface area (Å²) in [7, 11) is 0. The third-order valence-electron chi connectivity index (χ3n) is 2.26. The van der Waals surface area contributed by atoms with E-state index in [4.69, 9.17) is 4.74 Å². The summed E-state index contributed by atoms with van der Waals surface area (Å²) in [5.74, 6) is -0.565. The van der Waals surface area contributed by atoms with Gasteiger partial charge in [0.2, 0.25) is 0 Å². The Morgan fingerprint density at radius 1 is 1.53 bits per heavy atom. The highest BCUT2D eigenvalue weighted by molar-refractivity contribution is 6.35. The van der Waals surface area contributed by atoms with Gasteiger partial charge in [0.1, 0.15) is 11.4 Å². The predicted octanol–water partition coefficient (Wildman–Crippen LogP) is 2.25. The molecular weight excluding hydrogens is 250 g/mol. The van der Waals surface area contributed by atoms with Crippen molar-refractivity contribution in [1.82, 2.24) is 0 Å². The van der Waals surface area contributed by atoms with E-state index in [1.807, 2.05) is 0 Å². The van der Waals surface area contributed by atoms with E-state index in [9.17, 15) is 14.9 Å². The minimum absolute atomic E-state index is 0.0942. The largest absolute Gasteiger partial charge is 0.461 e. The van der Waals surface area contributed by atoms with Crippen LogP contribution in [0.1, 0.15) is 19.4 Å². The molecule has 0 aliphatic rings. The van der Waals surface area contributed by atoms with Crippen LogP contribution >= 0.6 is 0 Å². The van der Waals surface area contributed by atoms with Gasteiger partial charge in [0.25, 0.3) is 5.69 Å². The van der Waals surface area contributed by atoms with Crippen molar-refractivity contribution in [3.8, 4) is 0 Å². The average molecular weight is 265 g/mol. The lowest BCUT2D eigenvalue weighted by atomic mass is 10.2. The van der Waals surface area contributed by atoms with Crippen molar-refractivity contribution in [3.05, 3.63) is 33.9 Å². The number of esters is 1. The van der Waals surface area contributed by atoms with Gasteiger partial charge in [-0.05, 0) is 32.4 Å². The number of aryl methyl sites for hydroxylation is 1. The average Bonchev–Trinajstić information content (AvgIpc) is 2.36. The van der Waals surface area contributed by atoms with Gasteiger partial charge in [0.05, 0.1) is 11.5 Å². The van der Waals surface area contributed by atoms with Crippen LogP contribution in [0, 0.1) is 17.0 Å². The summed E-state index contributed by atoms with van der Waals surface area (Å²) < 4.78 is 4.75. The van der Waals surface area contributed by atoms with Crippen molar-refractivity contribution in [2.75, 3.05) is 12.0 Å². The molecule has 0 fully saturated rings. The summed E-state index contributed by atoms with van der Waals surface area (Å²) in [6.07, 6.45) is 0. The van der Waals surface area contributed by atoms with Gasteiger partial charge in [0.15, 0.2) is 0 Å². The molecule has 0 amide bonds. The summed E-state index contributed by atoms with van der Waals surface area (Å²) in [6, 6.07) is 4.68. The molecule has 0 aliphatic carbocycles. The minimum Gasteiger partial charge on any atom is -0.461 e. The van der Waals surface area contributed by atoms with E-state index in [0.29, 0.717) is 0 Å². The number of hydrogen-bond acceptors (Lipinski definition) is 6. The molecule has 0 bridgehead atoms. The summed E-state index contributed by atoms with van der Waals surface area (Å²) in [5, 5.41) is 14.7. The van der Waals surface area contributed by atoms with Crippen molar-refractivity contribution in [2.45, 2.75) is 20.8 Å². The van der Waals surface area contributed by atoms with Gasteiger partial charge in [0, 0.05) is 6.07 Å². The van der Waals surface area contributed by atoms with Crippen molar-refractivity contribution < 1.29 is 14.5 Å². The van der Waals surface area contributed by atoms with Crippen molar-refractivity contribution in [1.29, 1.82) is 0 Å². The van der Waals surface area contributed by atoms with Crippen LogP contribution in [0.5, 0.6) is 0 Å². The van der Waals surface area contributed by atoms with Crippen LogP contribution in [0.3, 0.4) is 0 Å². The molecule has 0 heterocycles. The Balaban J connectivity index is 2.91. The Bertz CT molecular complexity index is 526. The number of carbonyl (C=O) groups is 1. The van der Waals surface area contributed by atoms with Crippen molar-refractivity contribution in [3.63, 3.8) is 0 Å². The van der Waals surface area contributed by atoms with Crippen molar-refractivity contribution >= 4 is 23.1 Å². The number of hydrazone groups is 1. The van der Waals surface area contributed by atoms with Crippen LogP contribution in [0.2, 0.25) is 0 Å². The first-order chi connectivity index (χ1) is 8.95. The zero-order chi connectivity index (χ0) is 14.4. The molecule has 0 unspecified atom stereocenters. The second-order valence-electron chi connectivity index (χ2n) is 3.81. The highest BCUT2D eigenvalue weighted by Crippen LogP contribution is 2.25. The molecule has 0 aliphatic heterocycles. The first-order valence-corrected chi connectivity index (χ1v) is 5.68. The maximum atomic E-state index is 11.3. The van der Waals surface area contributed by atoms with Gasteiger partial charge in [-0.3, -0.25) is 15.5 Å². The number of carbonyl (C=O) groups excluding carboxylic acids is 1. The number of hydrogen-bond donors (Lipinski definition) is 1. The van der Waals surface area contributed by atoms with Gasteiger partial charge < -0.3 is 4.74 Å². The molecule has 0 saturated heterocycles. The molecule has 1 rings (SSSR count).